The molecule has 2 aromatic carbocycles. The van der Waals surface area contributed by atoms with Gasteiger partial charge in [0.1, 0.15) is 5.15 Å². The van der Waals surface area contributed by atoms with Gasteiger partial charge in [0, 0.05) is 22.8 Å². The zero-order valence-corrected chi connectivity index (χ0v) is 17.3. The molecule has 0 aliphatic carbocycles. The van der Waals surface area contributed by atoms with Crippen molar-refractivity contribution in [3.8, 4) is 0 Å². The van der Waals surface area contributed by atoms with Crippen LogP contribution in [-0.2, 0) is 9.53 Å². The number of ether oxygens (including phenoxy) is 1. The normalized spacial score (nSPS) is 10.6. The van der Waals surface area contributed by atoms with E-state index < -0.39 is 12.6 Å². The first kappa shape index (κ1) is 20.8. The summed E-state index contributed by atoms with van der Waals surface area (Å²) in [6, 6.07) is 13.2. The van der Waals surface area contributed by atoms with Gasteiger partial charge < -0.3 is 10.1 Å². The number of nitrogens with one attached hydrogen (secondary N) is 1. The predicted octanol–water partition coefficient (Wildman–Crippen LogP) is 4.61. The van der Waals surface area contributed by atoms with E-state index in [0.29, 0.717) is 27.5 Å². The minimum atomic E-state index is -0.613. The number of halogens is 1. The third-order valence-corrected chi connectivity index (χ3v) is 5.06. The van der Waals surface area contributed by atoms with Crippen LogP contribution in [0, 0.1) is 0 Å². The highest BCUT2D eigenvalue weighted by molar-refractivity contribution is 7.98. The van der Waals surface area contributed by atoms with Gasteiger partial charge in [-0.2, -0.15) is 0 Å². The van der Waals surface area contributed by atoms with Crippen molar-refractivity contribution in [3.63, 3.8) is 0 Å². The number of ketones is 1. The topological polar surface area (TPSA) is 85.4 Å². The van der Waals surface area contributed by atoms with Crippen molar-refractivity contribution in [3.05, 3.63) is 64.8 Å². The smallest absolute Gasteiger partial charge is 0.338 e. The van der Waals surface area contributed by atoms with Crippen LogP contribution in [0.5, 0.6) is 0 Å². The van der Waals surface area contributed by atoms with E-state index >= 15 is 0 Å². The summed E-state index contributed by atoms with van der Waals surface area (Å²) in [4.78, 5) is 41.1. The molecule has 0 bridgehead atoms. The van der Waals surface area contributed by atoms with Gasteiger partial charge in [-0.3, -0.25) is 9.59 Å². The molecule has 6 nitrogen and oxygen atoms in total. The number of esters is 1. The maximum absolute atomic E-state index is 12.4. The van der Waals surface area contributed by atoms with Gasteiger partial charge in [0.25, 0.3) is 0 Å². The molecule has 0 saturated heterocycles. The fourth-order valence-electron chi connectivity index (χ4n) is 2.69. The Labute approximate surface area is 176 Å². The predicted molar refractivity (Wildman–Crippen MR) is 114 cm³/mol. The molecule has 0 atom stereocenters. The lowest BCUT2D eigenvalue weighted by molar-refractivity contribution is -0.114. The quantitative estimate of drug-likeness (QED) is 0.267. The first-order valence-electron chi connectivity index (χ1n) is 8.59. The summed E-state index contributed by atoms with van der Waals surface area (Å²) >= 11 is 7.31. The molecule has 0 aliphatic rings. The number of pyridine rings is 1. The van der Waals surface area contributed by atoms with Crippen LogP contribution >= 0.6 is 23.4 Å². The number of anilines is 1. The van der Waals surface area contributed by atoms with Crippen LogP contribution < -0.4 is 5.32 Å². The summed E-state index contributed by atoms with van der Waals surface area (Å²) in [6.45, 7) is 0.987. The Balaban J connectivity index is 1.70. The summed E-state index contributed by atoms with van der Waals surface area (Å²) in [5.74, 6) is -1.21. The van der Waals surface area contributed by atoms with Crippen LogP contribution in [0.25, 0.3) is 10.9 Å². The number of nitrogens with zero attached hydrogens (tertiary/aromatic N) is 1. The van der Waals surface area contributed by atoms with E-state index in [0.717, 1.165) is 10.3 Å². The van der Waals surface area contributed by atoms with Crippen molar-refractivity contribution in [2.45, 2.75) is 11.8 Å². The Morgan fingerprint density at radius 3 is 2.55 bits per heavy atom. The van der Waals surface area contributed by atoms with Crippen LogP contribution in [0.2, 0.25) is 5.15 Å². The van der Waals surface area contributed by atoms with Gasteiger partial charge in [0.15, 0.2) is 12.4 Å². The molecule has 0 unspecified atom stereocenters. The number of carbonyl (C=O) groups is 3. The lowest BCUT2D eigenvalue weighted by Crippen LogP contribution is -2.15. The maximum Gasteiger partial charge on any atom is 0.338 e. The fourth-order valence-corrected chi connectivity index (χ4v) is 3.38. The summed E-state index contributed by atoms with van der Waals surface area (Å²) in [5, 5.41) is 3.80. The van der Waals surface area contributed by atoms with E-state index in [-0.39, 0.29) is 11.7 Å². The second-order valence-corrected chi connectivity index (χ2v) is 7.37. The van der Waals surface area contributed by atoms with Crippen molar-refractivity contribution in [1.82, 2.24) is 4.98 Å². The molecule has 0 radical (unpaired) electrons. The molecule has 1 aromatic heterocycles. The van der Waals surface area contributed by atoms with Crippen LogP contribution in [0.4, 0.5) is 5.69 Å². The lowest BCUT2D eigenvalue weighted by atomic mass is 10.1. The second kappa shape index (κ2) is 9.07. The maximum atomic E-state index is 12.4. The number of aromatic nitrogens is 1. The number of amides is 1. The lowest BCUT2D eigenvalue weighted by Gasteiger charge is -2.10. The highest BCUT2D eigenvalue weighted by Gasteiger charge is 2.15. The van der Waals surface area contributed by atoms with Gasteiger partial charge in [-0.05, 0) is 48.7 Å². The molecular formula is C21H17ClN2O4S. The zero-order chi connectivity index (χ0) is 21.0. The summed E-state index contributed by atoms with van der Waals surface area (Å²) in [5.41, 5.74) is 1.86. The summed E-state index contributed by atoms with van der Waals surface area (Å²) in [7, 11) is 0. The first-order valence-corrected chi connectivity index (χ1v) is 10.2. The number of fused-ring (bicyclic) bond motifs is 1. The van der Waals surface area contributed by atoms with Gasteiger partial charge in [-0.15, -0.1) is 11.8 Å². The Bertz CT molecular complexity index is 1120. The first-order chi connectivity index (χ1) is 13.9. The van der Waals surface area contributed by atoms with Gasteiger partial charge >= 0.3 is 5.97 Å². The highest BCUT2D eigenvalue weighted by atomic mass is 35.5. The monoisotopic (exact) mass is 428 g/mol. The second-order valence-electron chi connectivity index (χ2n) is 6.14. The van der Waals surface area contributed by atoms with Crippen molar-refractivity contribution in [2.75, 3.05) is 18.2 Å². The third kappa shape index (κ3) is 5.13. The van der Waals surface area contributed by atoms with Crippen molar-refractivity contribution >= 4 is 57.6 Å². The van der Waals surface area contributed by atoms with Gasteiger partial charge in [0.05, 0.1) is 16.8 Å². The van der Waals surface area contributed by atoms with E-state index in [1.54, 1.807) is 48.5 Å². The Morgan fingerprint density at radius 1 is 1.07 bits per heavy atom. The van der Waals surface area contributed by atoms with E-state index in [1.165, 1.54) is 18.7 Å². The molecule has 29 heavy (non-hydrogen) atoms. The molecule has 0 spiro atoms. The fraction of sp³-hybridized carbons (Fsp3) is 0.143. The summed E-state index contributed by atoms with van der Waals surface area (Å²) < 4.78 is 5.17. The number of rotatable bonds is 6. The molecule has 1 N–H and O–H groups in total. The van der Waals surface area contributed by atoms with Crippen LogP contribution in [0.1, 0.15) is 27.6 Å². The van der Waals surface area contributed by atoms with E-state index in [2.05, 4.69) is 10.3 Å². The van der Waals surface area contributed by atoms with Crippen molar-refractivity contribution in [2.24, 2.45) is 0 Å². The molecule has 0 fully saturated rings. The molecule has 8 heteroatoms. The van der Waals surface area contributed by atoms with Crippen LogP contribution in [0.3, 0.4) is 0 Å². The standard InChI is InChI=1S/C21H17ClN2O4S/c1-12(25)23-17-10-14(4-7-19(17)29-2)18(26)11-28-21(27)15-3-6-16-13(9-15)5-8-20(22)24-16/h3-10H,11H2,1-2H3,(H,23,25). The number of thioether (sulfide) groups is 1. The third-order valence-electron chi connectivity index (χ3n) is 4.06. The summed E-state index contributed by atoms with van der Waals surface area (Å²) in [6.07, 6.45) is 1.87. The largest absolute Gasteiger partial charge is 0.454 e. The zero-order valence-electron chi connectivity index (χ0n) is 15.7. The molecule has 1 amide bonds. The average molecular weight is 429 g/mol. The van der Waals surface area contributed by atoms with Crippen LogP contribution in [0.15, 0.2) is 53.4 Å². The number of Topliss-reactive ketones (excluding diaryl/α,β-unsaturated/α-hetero) is 1. The highest BCUT2D eigenvalue weighted by Crippen LogP contribution is 2.27. The molecule has 1 heterocycles. The number of hydrogen-bond acceptors (Lipinski definition) is 6. The van der Waals surface area contributed by atoms with E-state index in [1.807, 2.05) is 6.26 Å². The molecule has 0 saturated carbocycles. The molecular weight excluding hydrogens is 412 g/mol. The van der Waals surface area contributed by atoms with Gasteiger partial charge in [-0.25, -0.2) is 9.78 Å². The SMILES string of the molecule is CSc1ccc(C(=O)COC(=O)c2ccc3nc(Cl)ccc3c2)cc1NC(C)=O. The van der Waals surface area contributed by atoms with E-state index in [9.17, 15) is 14.4 Å². The molecule has 148 valence electrons. The number of benzene rings is 2. The number of carbonyl (C=O) groups excluding carboxylic acids is 3. The average Bonchev–Trinajstić information content (AvgIpc) is 2.70. The van der Waals surface area contributed by atoms with Gasteiger partial charge in [-0.1, -0.05) is 17.7 Å². The van der Waals surface area contributed by atoms with Crippen LogP contribution in [-0.4, -0.2) is 35.5 Å². The molecule has 3 rings (SSSR count). The van der Waals surface area contributed by atoms with Crippen molar-refractivity contribution < 1.29 is 19.1 Å². The van der Waals surface area contributed by atoms with Crippen molar-refractivity contribution in [1.29, 1.82) is 0 Å². The van der Waals surface area contributed by atoms with Gasteiger partial charge in [0.2, 0.25) is 5.91 Å². The Kier molecular flexibility index (Phi) is 6.51. The molecule has 0 aliphatic heterocycles. The molecule has 3 aromatic rings. The minimum absolute atomic E-state index is 0.233. The Morgan fingerprint density at radius 2 is 1.83 bits per heavy atom. The Hall–Kier alpha value is -2.90. The number of hydrogen-bond donors (Lipinski definition) is 1. The van der Waals surface area contributed by atoms with E-state index in [4.69, 9.17) is 16.3 Å². The minimum Gasteiger partial charge on any atom is -0.454 e.